The summed E-state index contributed by atoms with van der Waals surface area (Å²) in [4.78, 5) is 0. The summed E-state index contributed by atoms with van der Waals surface area (Å²) in [6.07, 6.45) is 0.396. The van der Waals surface area contributed by atoms with Crippen molar-refractivity contribution in [2.75, 3.05) is 25.4 Å². The molecule has 2 N–H and O–H groups in total. The van der Waals surface area contributed by atoms with Gasteiger partial charge in [0.25, 0.3) is 0 Å². The molecule has 0 aliphatic carbocycles. The lowest BCUT2D eigenvalue weighted by molar-refractivity contribution is 0.305. The maximum absolute atomic E-state index is 11.6. The van der Waals surface area contributed by atoms with Gasteiger partial charge in [-0.15, -0.1) is 0 Å². The predicted octanol–water partition coefficient (Wildman–Crippen LogP) is 0.639. The summed E-state index contributed by atoms with van der Waals surface area (Å²) in [5, 5.41) is 8.61. The summed E-state index contributed by atoms with van der Waals surface area (Å²) in [6.45, 7) is 0.0138. The fraction of sp³-hybridized carbons (Fsp3) is 0.333. The minimum absolute atomic E-state index is 0.0138. The van der Waals surface area contributed by atoms with Gasteiger partial charge in [0.15, 0.2) is 0 Å². The van der Waals surface area contributed by atoms with Crippen LogP contribution in [-0.2, 0) is 10.2 Å². The number of nitrogens with one attached hydrogen (secondary N) is 1. The van der Waals surface area contributed by atoms with E-state index in [0.29, 0.717) is 17.7 Å². The Morgan fingerprint density at radius 3 is 2.72 bits per heavy atom. The number of aliphatic hydroxyl groups excluding tert-OH is 1. The van der Waals surface area contributed by atoms with Gasteiger partial charge < -0.3 is 5.11 Å². The van der Waals surface area contributed by atoms with Crippen molar-refractivity contribution < 1.29 is 13.5 Å². The van der Waals surface area contributed by atoms with E-state index in [1.165, 1.54) is 14.1 Å². The predicted molar refractivity (Wildman–Crippen MR) is 71.3 cm³/mol. The van der Waals surface area contributed by atoms with Crippen LogP contribution in [0.4, 0.5) is 5.69 Å². The quantitative estimate of drug-likeness (QED) is 0.787. The number of nitrogens with zero attached hydrogens (tertiary/aromatic N) is 1. The molecule has 0 atom stereocenters. The van der Waals surface area contributed by atoms with Crippen molar-refractivity contribution in [3.8, 4) is 11.8 Å². The standard InChI is InChI=1S/C12H16N2O3S/c1-14(2)18(16,17)13-12-8-5-7-11(10-12)6-3-4-9-15/h5,7-8,10,13,15H,4,9H2,1-2H3. The number of hydrogen-bond acceptors (Lipinski definition) is 3. The Labute approximate surface area is 108 Å². The van der Waals surface area contributed by atoms with Gasteiger partial charge in [-0.25, -0.2) is 0 Å². The summed E-state index contributed by atoms with van der Waals surface area (Å²) < 4.78 is 26.8. The smallest absolute Gasteiger partial charge is 0.301 e. The van der Waals surface area contributed by atoms with Gasteiger partial charge in [-0.05, 0) is 18.2 Å². The molecule has 0 aromatic heterocycles. The van der Waals surface area contributed by atoms with Gasteiger partial charge in [0.2, 0.25) is 0 Å². The highest BCUT2D eigenvalue weighted by Gasteiger charge is 2.12. The second kappa shape index (κ2) is 6.40. The molecule has 98 valence electrons. The summed E-state index contributed by atoms with van der Waals surface area (Å²) in [5.74, 6) is 5.62. The highest BCUT2D eigenvalue weighted by molar-refractivity contribution is 7.90. The van der Waals surface area contributed by atoms with Crippen molar-refractivity contribution in [2.24, 2.45) is 0 Å². The molecule has 0 aliphatic heterocycles. The largest absolute Gasteiger partial charge is 0.395 e. The summed E-state index contributed by atoms with van der Waals surface area (Å²) >= 11 is 0. The first-order chi connectivity index (χ1) is 8.45. The lowest BCUT2D eigenvalue weighted by Crippen LogP contribution is -2.28. The molecule has 0 fully saturated rings. The van der Waals surface area contributed by atoms with Crippen LogP contribution in [0, 0.1) is 11.8 Å². The van der Waals surface area contributed by atoms with E-state index in [4.69, 9.17) is 5.11 Å². The van der Waals surface area contributed by atoms with Crippen LogP contribution in [-0.4, -0.2) is 38.5 Å². The van der Waals surface area contributed by atoms with Gasteiger partial charge >= 0.3 is 10.2 Å². The van der Waals surface area contributed by atoms with Gasteiger partial charge in [0.1, 0.15) is 0 Å². The van der Waals surface area contributed by atoms with Crippen molar-refractivity contribution >= 4 is 15.9 Å². The third-order valence-corrected chi connectivity index (χ3v) is 3.51. The fourth-order valence-electron chi connectivity index (χ4n) is 1.12. The first-order valence-electron chi connectivity index (χ1n) is 5.36. The highest BCUT2D eigenvalue weighted by atomic mass is 32.2. The Morgan fingerprint density at radius 1 is 1.39 bits per heavy atom. The Hall–Kier alpha value is -1.55. The van der Waals surface area contributed by atoms with Crippen LogP contribution in [0.2, 0.25) is 0 Å². The van der Waals surface area contributed by atoms with E-state index in [1.807, 2.05) is 0 Å². The third-order valence-electron chi connectivity index (χ3n) is 2.06. The molecule has 0 heterocycles. The molecule has 0 bridgehead atoms. The van der Waals surface area contributed by atoms with Gasteiger partial charge in [-0.2, -0.15) is 12.7 Å². The van der Waals surface area contributed by atoms with Crippen molar-refractivity contribution in [2.45, 2.75) is 6.42 Å². The molecule has 0 unspecified atom stereocenters. The maximum Gasteiger partial charge on any atom is 0.301 e. The van der Waals surface area contributed by atoms with E-state index in [-0.39, 0.29) is 6.61 Å². The molecular weight excluding hydrogens is 252 g/mol. The second-order valence-corrected chi connectivity index (χ2v) is 5.63. The van der Waals surface area contributed by atoms with Crippen LogP contribution in [0.1, 0.15) is 12.0 Å². The van der Waals surface area contributed by atoms with Crippen LogP contribution in [0.15, 0.2) is 24.3 Å². The molecular formula is C12H16N2O3S. The number of anilines is 1. The van der Waals surface area contributed by atoms with Gasteiger partial charge in [-0.3, -0.25) is 4.72 Å². The molecule has 1 aromatic carbocycles. The monoisotopic (exact) mass is 268 g/mol. The first-order valence-corrected chi connectivity index (χ1v) is 6.80. The second-order valence-electron chi connectivity index (χ2n) is 3.75. The van der Waals surface area contributed by atoms with Crippen molar-refractivity contribution in [3.63, 3.8) is 0 Å². The summed E-state index contributed by atoms with van der Waals surface area (Å²) in [5.41, 5.74) is 1.15. The number of benzene rings is 1. The van der Waals surface area contributed by atoms with Crippen molar-refractivity contribution in [1.29, 1.82) is 0 Å². The van der Waals surface area contributed by atoms with Crippen LogP contribution in [0.5, 0.6) is 0 Å². The van der Waals surface area contributed by atoms with Crippen LogP contribution in [0.25, 0.3) is 0 Å². The normalized spacial score (nSPS) is 10.9. The van der Waals surface area contributed by atoms with Crippen molar-refractivity contribution in [1.82, 2.24) is 4.31 Å². The van der Waals surface area contributed by atoms with E-state index in [1.54, 1.807) is 24.3 Å². The Balaban J connectivity index is 2.88. The SMILES string of the molecule is CN(C)S(=O)(=O)Nc1cccc(C#CCCO)c1. The van der Waals surface area contributed by atoms with Crippen LogP contribution in [0.3, 0.4) is 0 Å². The first kappa shape index (κ1) is 14.5. The number of rotatable bonds is 4. The average Bonchev–Trinajstić information content (AvgIpc) is 2.29. The molecule has 1 aromatic rings. The lowest BCUT2D eigenvalue weighted by Gasteiger charge is -2.13. The highest BCUT2D eigenvalue weighted by Crippen LogP contribution is 2.12. The van der Waals surface area contributed by atoms with Gasteiger partial charge in [0.05, 0.1) is 12.3 Å². The average molecular weight is 268 g/mol. The third kappa shape index (κ3) is 4.37. The molecule has 1 rings (SSSR count). The molecule has 6 heteroatoms. The molecule has 5 nitrogen and oxygen atoms in total. The molecule has 0 amide bonds. The summed E-state index contributed by atoms with van der Waals surface area (Å²) in [7, 11) is -0.595. The zero-order valence-electron chi connectivity index (χ0n) is 10.3. The van der Waals surface area contributed by atoms with Gasteiger partial charge in [0, 0.05) is 26.1 Å². The van der Waals surface area contributed by atoms with Crippen LogP contribution < -0.4 is 4.72 Å². The van der Waals surface area contributed by atoms with Crippen LogP contribution >= 0.6 is 0 Å². The minimum Gasteiger partial charge on any atom is -0.395 e. The van der Waals surface area contributed by atoms with E-state index in [9.17, 15) is 8.42 Å². The van der Waals surface area contributed by atoms with E-state index >= 15 is 0 Å². The Kier molecular flexibility index (Phi) is 5.16. The molecule has 0 saturated carbocycles. The zero-order chi connectivity index (χ0) is 13.6. The van der Waals surface area contributed by atoms with E-state index in [0.717, 1.165) is 4.31 Å². The maximum atomic E-state index is 11.6. The van der Waals surface area contributed by atoms with Gasteiger partial charge in [-0.1, -0.05) is 17.9 Å². The van der Waals surface area contributed by atoms with E-state index in [2.05, 4.69) is 16.6 Å². The summed E-state index contributed by atoms with van der Waals surface area (Å²) in [6, 6.07) is 6.79. The topological polar surface area (TPSA) is 69.6 Å². The molecule has 0 radical (unpaired) electrons. The molecule has 0 saturated heterocycles. The molecule has 18 heavy (non-hydrogen) atoms. The lowest BCUT2D eigenvalue weighted by atomic mass is 10.2. The zero-order valence-corrected chi connectivity index (χ0v) is 11.2. The minimum atomic E-state index is -3.50. The number of hydrogen-bond donors (Lipinski definition) is 2. The number of aliphatic hydroxyl groups is 1. The Morgan fingerprint density at radius 2 is 2.11 bits per heavy atom. The molecule has 0 spiro atoms. The van der Waals surface area contributed by atoms with Crippen molar-refractivity contribution in [3.05, 3.63) is 29.8 Å². The fourth-order valence-corrected chi connectivity index (χ4v) is 1.73. The molecule has 0 aliphatic rings. The Bertz CT molecular complexity index is 556. The van der Waals surface area contributed by atoms with E-state index < -0.39 is 10.2 Å².